The molecule has 1 N–H and O–H groups in total. The Kier molecular flexibility index (Phi) is 5.44. The number of hydrogen-bond donors (Lipinski definition) is 1. The van der Waals surface area contributed by atoms with Gasteiger partial charge in [-0.1, -0.05) is 26.2 Å². The van der Waals surface area contributed by atoms with E-state index in [1.165, 1.54) is 25.7 Å². The highest BCUT2D eigenvalue weighted by Crippen LogP contribution is 2.27. The second-order valence-corrected chi connectivity index (χ2v) is 6.87. The lowest BCUT2D eigenvalue weighted by atomic mass is 9.85. The van der Waals surface area contributed by atoms with Gasteiger partial charge in [-0.2, -0.15) is 0 Å². The second kappa shape index (κ2) is 6.90. The molecule has 1 aliphatic heterocycles. The predicted octanol–water partition coefficient (Wildman–Crippen LogP) is 2.44. The normalized spacial score (nSPS) is 25.7. The Morgan fingerprint density at radius 3 is 2.30 bits per heavy atom. The molecule has 20 heavy (non-hydrogen) atoms. The number of hydrogen-bond acceptors (Lipinski definition) is 3. The van der Waals surface area contributed by atoms with E-state index in [0.717, 1.165) is 45.1 Å². The molecule has 1 heterocycles. The minimum atomic E-state index is -0.641. The van der Waals surface area contributed by atoms with E-state index < -0.39 is 11.4 Å². The molecule has 4 heteroatoms. The molecule has 2 fully saturated rings. The fourth-order valence-electron chi connectivity index (χ4n) is 3.85. The van der Waals surface area contributed by atoms with Crippen LogP contribution in [0.1, 0.15) is 52.4 Å². The highest BCUT2D eigenvalue weighted by Gasteiger charge is 2.35. The van der Waals surface area contributed by atoms with E-state index in [9.17, 15) is 9.90 Å². The van der Waals surface area contributed by atoms with Crippen LogP contribution >= 0.6 is 0 Å². The molecule has 0 aromatic carbocycles. The first-order valence-corrected chi connectivity index (χ1v) is 8.25. The summed E-state index contributed by atoms with van der Waals surface area (Å²) in [5.41, 5.74) is -0.579. The molecule has 0 aromatic heterocycles. The number of carboxylic acid groups (broad SMARTS) is 1. The molecule has 1 saturated carbocycles. The van der Waals surface area contributed by atoms with Crippen molar-refractivity contribution in [2.45, 2.75) is 58.4 Å². The number of aliphatic carboxylic acids is 1. The summed E-state index contributed by atoms with van der Waals surface area (Å²) in [7, 11) is 0. The van der Waals surface area contributed by atoms with Crippen LogP contribution in [0.2, 0.25) is 0 Å². The van der Waals surface area contributed by atoms with Crippen molar-refractivity contribution in [2.24, 2.45) is 5.41 Å². The van der Waals surface area contributed by atoms with E-state index in [4.69, 9.17) is 0 Å². The fraction of sp³-hybridized carbons (Fsp3) is 0.938. The lowest BCUT2D eigenvalue weighted by Crippen LogP contribution is -2.52. The van der Waals surface area contributed by atoms with E-state index in [2.05, 4.69) is 16.7 Å². The van der Waals surface area contributed by atoms with Gasteiger partial charge in [0, 0.05) is 38.8 Å². The molecule has 0 amide bonds. The van der Waals surface area contributed by atoms with E-state index in [1.807, 2.05) is 6.92 Å². The summed E-state index contributed by atoms with van der Waals surface area (Å²) < 4.78 is 0. The third kappa shape index (κ3) is 3.73. The molecule has 0 aromatic rings. The Hall–Kier alpha value is -0.610. The van der Waals surface area contributed by atoms with Gasteiger partial charge < -0.3 is 5.11 Å². The lowest BCUT2D eigenvalue weighted by molar-refractivity contribution is -0.150. The molecule has 1 atom stereocenters. The van der Waals surface area contributed by atoms with Crippen LogP contribution in [0.4, 0.5) is 0 Å². The zero-order valence-corrected chi connectivity index (χ0v) is 13.1. The first kappa shape index (κ1) is 15.8. The Morgan fingerprint density at radius 2 is 1.80 bits per heavy atom. The largest absolute Gasteiger partial charge is 0.481 e. The van der Waals surface area contributed by atoms with E-state index >= 15 is 0 Å². The smallest absolute Gasteiger partial charge is 0.310 e. The van der Waals surface area contributed by atoms with Crippen molar-refractivity contribution < 1.29 is 9.90 Å². The highest BCUT2D eigenvalue weighted by molar-refractivity contribution is 5.74. The molecule has 0 spiro atoms. The highest BCUT2D eigenvalue weighted by atomic mass is 16.4. The zero-order valence-electron chi connectivity index (χ0n) is 13.1. The van der Waals surface area contributed by atoms with Crippen LogP contribution in [-0.4, -0.2) is 59.6 Å². The van der Waals surface area contributed by atoms with Crippen LogP contribution < -0.4 is 0 Å². The minimum absolute atomic E-state index is 0.579. The van der Waals surface area contributed by atoms with Crippen LogP contribution in [0, 0.1) is 5.41 Å². The van der Waals surface area contributed by atoms with Gasteiger partial charge in [-0.25, -0.2) is 0 Å². The van der Waals surface area contributed by atoms with Crippen molar-refractivity contribution in [1.82, 2.24) is 9.80 Å². The monoisotopic (exact) mass is 282 g/mol. The second-order valence-electron chi connectivity index (χ2n) is 6.87. The number of nitrogens with zero attached hydrogens (tertiary/aromatic N) is 2. The fourth-order valence-corrected chi connectivity index (χ4v) is 3.85. The van der Waals surface area contributed by atoms with Gasteiger partial charge in [0.25, 0.3) is 0 Å². The van der Waals surface area contributed by atoms with Crippen molar-refractivity contribution in [2.75, 3.05) is 32.7 Å². The van der Waals surface area contributed by atoms with E-state index in [-0.39, 0.29) is 0 Å². The summed E-state index contributed by atoms with van der Waals surface area (Å²) in [5.74, 6) is -0.641. The molecule has 2 rings (SSSR count). The van der Waals surface area contributed by atoms with Gasteiger partial charge in [0.2, 0.25) is 0 Å². The van der Waals surface area contributed by atoms with Crippen molar-refractivity contribution >= 4 is 5.97 Å². The molecule has 1 aliphatic carbocycles. The Labute approximate surface area is 123 Å². The maximum atomic E-state index is 11.5. The Bertz CT molecular complexity index is 320. The van der Waals surface area contributed by atoms with Crippen molar-refractivity contribution in [3.8, 4) is 0 Å². The predicted molar refractivity (Wildman–Crippen MR) is 80.9 cm³/mol. The van der Waals surface area contributed by atoms with Crippen LogP contribution in [0.5, 0.6) is 0 Å². The van der Waals surface area contributed by atoms with Crippen LogP contribution in [0.3, 0.4) is 0 Å². The van der Waals surface area contributed by atoms with Gasteiger partial charge in [-0.3, -0.25) is 14.6 Å². The molecular formula is C16H30N2O2. The molecule has 116 valence electrons. The minimum Gasteiger partial charge on any atom is -0.481 e. The van der Waals surface area contributed by atoms with Gasteiger partial charge in [0.15, 0.2) is 0 Å². The Balaban J connectivity index is 1.82. The third-order valence-corrected chi connectivity index (χ3v) is 5.14. The van der Waals surface area contributed by atoms with E-state index in [0.29, 0.717) is 6.54 Å². The first-order valence-electron chi connectivity index (χ1n) is 8.25. The summed E-state index contributed by atoms with van der Waals surface area (Å²) in [6.07, 6.45) is 7.21. The summed E-state index contributed by atoms with van der Waals surface area (Å²) in [6, 6.07) is 0.804. The van der Waals surface area contributed by atoms with Gasteiger partial charge >= 0.3 is 5.97 Å². The number of carboxylic acids is 1. The quantitative estimate of drug-likeness (QED) is 0.812. The maximum Gasteiger partial charge on any atom is 0.310 e. The van der Waals surface area contributed by atoms with Gasteiger partial charge in [0.05, 0.1) is 5.41 Å². The average Bonchev–Trinajstić information content (AvgIpc) is 2.93. The lowest BCUT2D eigenvalue weighted by Gasteiger charge is -2.40. The third-order valence-electron chi connectivity index (χ3n) is 5.14. The summed E-state index contributed by atoms with van der Waals surface area (Å²) >= 11 is 0. The van der Waals surface area contributed by atoms with Crippen LogP contribution in [0.15, 0.2) is 0 Å². The topological polar surface area (TPSA) is 43.8 Å². The summed E-state index contributed by atoms with van der Waals surface area (Å²) in [6.45, 7) is 8.97. The summed E-state index contributed by atoms with van der Waals surface area (Å²) in [5, 5.41) is 9.48. The van der Waals surface area contributed by atoms with Gasteiger partial charge in [-0.05, 0) is 26.2 Å². The number of rotatable bonds is 6. The van der Waals surface area contributed by atoms with Crippen molar-refractivity contribution in [1.29, 1.82) is 0 Å². The van der Waals surface area contributed by atoms with Crippen molar-refractivity contribution in [3.63, 3.8) is 0 Å². The van der Waals surface area contributed by atoms with Gasteiger partial charge in [0.1, 0.15) is 0 Å². The average molecular weight is 282 g/mol. The summed E-state index contributed by atoms with van der Waals surface area (Å²) in [4.78, 5) is 16.5. The van der Waals surface area contributed by atoms with E-state index in [1.54, 1.807) is 0 Å². The molecular weight excluding hydrogens is 252 g/mol. The molecule has 1 saturated heterocycles. The molecule has 4 nitrogen and oxygen atoms in total. The maximum absolute atomic E-state index is 11.5. The molecule has 2 aliphatic rings. The SMILES string of the molecule is CCCC(C)(CN1CCN(C2CCCC2)CC1)C(=O)O. The zero-order chi connectivity index (χ0) is 14.6. The van der Waals surface area contributed by atoms with Crippen molar-refractivity contribution in [3.05, 3.63) is 0 Å². The molecule has 1 unspecified atom stereocenters. The van der Waals surface area contributed by atoms with Crippen LogP contribution in [-0.2, 0) is 4.79 Å². The standard InChI is InChI=1S/C16H30N2O2/c1-3-8-16(2,15(19)20)13-17-9-11-18(12-10-17)14-6-4-5-7-14/h14H,3-13H2,1-2H3,(H,19,20). The number of carbonyl (C=O) groups is 1. The molecule has 0 radical (unpaired) electrons. The molecule has 0 bridgehead atoms. The number of piperazine rings is 1. The first-order chi connectivity index (χ1) is 9.55. The Morgan fingerprint density at radius 1 is 1.20 bits per heavy atom. The van der Waals surface area contributed by atoms with Gasteiger partial charge in [-0.15, -0.1) is 0 Å². The van der Waals surface area contributed by atoms with Crippen LogP contribution in [0.25, 0.3) is 0 Å².